The van der Waals surface area contributed by atoms with Crippen LogP contribution in [0.2, 0.25) is 0 Å². The van der Waals surface area contributed by atoms with E-state index in [0.29, 0.717) is 11.1 Å². The van der Waals surface area contributed by atoms with Gasteiger partial charge in [0.15, 0.2) is 0 Å². The number of nitrogens with one attached hydrogen (secondary N) is 1. The molecule has 0 aliphatic carbocycles. The van der Waals surface area contributed by atoms with E-state index in [-0.39, 0.29) is 6.44 Å². The molecule has 0 aliphatic rings. The topological polar surface area (TPSA) is 102 Å². The molecule has 0 aromatic heterocycles. The Bertz CT molecular complexity index is 952. The van der Waals surface area contributed by atoms with E-state index in [1.54, 1.807) is 52.0 Å². The van der Waals surface area contributed by atoms with Crippen LogP contribution in [0, 0.1) is 5.41 Å². The van der Waals surface area contributed by atoms with Crippen molar-refractivity contribution in [3.05, 3.63) is 35.4 Å². The Hall–Kier alpha value is -2.84. The third-order valence-corrected chi connectivity index (χ3v) is 5.95. The van der Waals surface area contributed by atoms with Crippen molar-refractivity contribution in [1.82, 2.24) is 10.2 Å². The minimum Gasteiger partial charge on any atom is -0.468 e. The van der Waals surface area contributed by atoms with Gasteiger partial charge in [-0.05, 0) is 73.0 Å². The number of nitrogens with zero attached hydrogens (tertiary/aromatic N) is 1. The van der Waals surface area contributed by atoms with E-state index >= 15 is 0 Å². The van der Waals surface area contributed by atoms with E-state index in [1.807, 2.05) is 0 Å². The van der Waals surface area contributed by atoms with Crippen molar-refractivity contribution in [2.45, 2.75) is 71.9 Å². The van der Waals surface area contributed by atoms with Crippen molar-refractivity contribution >= 4 is 31.6 Å². The van der Waals surface area contributed by atoms with Crippen molar-refractivity contribution in [3.63, 3.8) is 0 Å². The first-order chi connectivity index (χ1) is 15.4. The van der Waals surface area contributed by atoms with E-state index in [9.17, 15) is 19.2 Å². The Kier molecular flexibility index (Phi) is 8.76. The molecule has 0 atom stereocenters. The first-order valence-electron chi connectivity index (χ1n) is 11.1. The first kappa shape index (κ1) is 29.2. The van der Waals surface area contributed by atoms with Gasteiger partial charge in [-0.1, -0.05) is 24.3 Å². The average molecular weight is 472 g/mol. The third kappa shape index (κ3) is 5.99. The van der Waals surface area contributed by atoms with Gasteiger partial charge in [-0.2, -0.15) is 0 Å². The number of rotatable bonds is 9. The van der Waals surface area contributed by atoms with Gasteiger partial charge in [-0.25, -0.2) is 0 Å². The fourth-order valence-corrected chi connectivity index (χ4v) is 3.48. The zero-order valence-electron chi connectivity index (χ0n) is 22.0. The van der Waals surface area contributed by atoms with Gasteiger partial charge in [0.25, 0.3) is 0 Å². The van der Waals surface area contributed by atoms with Gasteiger partial charge in [-0.15, -0.1) is 0 Å². The predicted octanol–water partition coefficient (Wildman–Crippen LogP) is 2.42. The molecule has 0 saturated carbocycles. The second kappa shape index (κ2) is 10.2. The van der Waals surface area contributed by atoms with Crippen LogP contribution >= 0.6 is 0 Å². The molecule has 9 heteroatoms. The SMILES string of the molecule is [B]CN(C)C(=O)C(C)(C)NC(=O)C(C)(C)C(=O)OC(C)(C)c1ccccc1C(C)(C)C(=O)OC. The Morgan fingerprint density at radius 3 is 1.88 bits per heavy atom. The van der Waals surface area contributed by atoms with E-state index in [0.717, 1.165) is 0 Å². The number of carbonyl (C=O) groups is 4. The molecular formula is C25H37BN2O6. The lowest BCUT2D eigenvalue weighted by atomic mass is 9.77. The van der Waals surface area contributed by atoms with Crippen LogP contribution in [0.5, 0.6) is 0 Å². The summed E-state index contributed by atoms with van der Waals surface area (Å²) in [7, 11) is 8.35. The van der Waals surface area contributed by atoms with Gasteiger partial charge >= 0.3 is 11.9 Å². The van der Waals surface area contributed by atoms with E-state index in [1.165, 1.54) is 46.8 Å². The van der Waals surface area contributed by atoms with Crippen LogP contribution in [0.25, 0.3) is 0 Å². The number of hydrogen-bond donors (Lipinski definition) is 1. The highest BCUT2D eigenvalue weighted by molar-refractivity contribution is 6.10. The minimum absolute atomic E-state index is 0.0148. The monoisotopic (exact) mass is 472 g/mol. The van der Waals surface area contributed by atoms with Crippen molar-refractivity contribution < 1.29 is 28.7 Å². The van der Waals surface area contributed by atoms with Crippen LogP contribution in [0.15, 0.2) is 24.3 Å². The summed E-state index contributed by atoms with van der Waals surface area (Å²) >= 11 is 0. The second-order valence-electron chi connectivity index (χ2n) is 10.5. The maximum atomic E-state index is 13.2. The largest absolute Gasteiger partial charge is 0.468 e. The van der Waals surface area contributed by atoms with Gasteiger partial charge in [0.2, 0.25) is 11.8 Å². The molecule has 1 rings (SSSR count). The lowest BCUT2D eigenvalue weighted by Gasteiger charge is -2.36. The molecule has 0 unspecified atom stereocenters. The third-order valence-electron chi connectivity index (χ3n) is 5.95. The molecule has 8 nitrogen and oxygen atoms in total. The number of methoxy groups -OCH3 is 1. The highest BCUT2D eigenvalue weighted by Gasteiger charge is 2.45. The smallest absolute Gasteiger partial charge is 0.321 e. The van der Waals surface area contributed by atoms with Crippen LogP contribution in [0.3, 0.4) is 0 Å². The molecule has 0 bridgehead atoms. The standard InChI is InChI=1S/C25H37BN2O6/c1-22(2,20(31)33-10)16-13-11-12-14-17(16)25(7,8)34-21(32)23(3,4)18(29)27-24(5,6)19(30)28(9)15-26/h11-14H,15H2,1-10H3,(H,27,29). The Morgan fingerprint density at radius 1 is 0.912 bits per heavy atom. The summed E-state index contributed by atoms with van der Waals surface area (Å²) in [5, 5.41) is 2.63. The predicted molar refractivity (Wildman–Crippen MR) is 130 cm³/mol. The molecule has 186 valence electrons. The molecule has 2 amide bonds. The summed E-state index contributed by atoms with van der Waals surface area (Å²) in [6, 6.07) is 7.12. The molecular weight excluding hydrogens is 435 g/mol. The Morgan fingerprint density at radius 2 is 1.41 bits per heavy atom. The van der Waals surface area contributed by atoms with E-state index in [2.05, 4.69) is 5.32 Å². The summed E-state index contributed by atoms with van der Waals surface area (Å²) in [5.41, 5.74) is -3.82. The summed E-state index contributed by atoms with van der Waals surface area (Å²) in [6.45, 7) is 12.8. The molecule has 0 heterocycles. The van der Waals surface area contributed by atoms with Gasteiger partial charge in [0.05, 0.1) is 20.4 Å². The summed E-state index contributed by atoms with van der Waals surface area (Å²) < 4.78 is 10.8. The summed E-state index contributed by atoms with van der Waals surface area (Å²) in [4.78, 5) is 52.5. The maximum absolute atomic E-state index is 13.2. The Labute approximate surface area is 204 Å². The molecule has 0 fully saturated rings. The van der Waals surface area contributed by atoms with Crippen molar-refractivity contribution in [2.24, 2.45) is 5.41 Å². The van der Waals surface area contributed by atoms with Gasteiger partial charge < -0.3 is 19.7 Å². The van der Waals surface area contributed by atoms with Crippen LogP contribution in [0.4, 0.5) is 0 Å². The number of ether oxygens (including phenoxy) is 2. The second-order valence-corrected chi connectivity index (χ2v) is 10.5. The lowest BCUT2D eigenvalue weighted by Crippen LogP contribution is -2.59. The number of carbonyl (C=O) groups excluding carboxylic acids is 4. The number of esters is 2. The normalized spacial score (nSPS) is 12.5. The van der Waals surface area contributed by atoms with Gasteiger partial charge in [0, 0.05) is 7.05 Å². The molecule has 1 N–H and O–H groups in total. The van der Waals surface area contributed by atoms with Crippen molar-refractivity contribution in [2.75, 3.05) is 20.6 Å². The van der Waals surface area contributed by atoms with Gasteiger partial charge in [0.1, 0.15) is 16.6 Å². The number of hydrogen-bond acceptors (Lipinski definition) is 6. The lowest BCUT2D eigenvalue weighted by molar-refractivity contribution is -0.172. The van der Waals surface area contributed by atoms with Crippen LogP contribution in [-0.4, -0.2) is 62.6 Å². The van der Waals surface area contributed by atoms with Crippen LogP contribution in [-0.2, 0) is 39.7 Å². The van der Waals surface area contributed by atoms with E-state index in [4.69, 9.17) is 17.3 Å². The molecule has 1 aromatic rings. The van der Waals surface area contributed by atoms with Crippen LogP contribution in [0.1, 0.15) is 66.5 Å². The number of likely N-dealkylation sites (N-methyl/N-ethyl adjacent to an activating group) is 1. The average Bonchev–Trinajstić information content (AvgIpc) is 2.76. The fraction of sp³-hybridized carbons (Fsp3) is 0.600. The van der Waals surface area contributed by atoms with Crippen molar-refractivity contribution in [1.29, 1.82) is 0 Å². The zero-order chi connectivity index (χ0) is 26.7. The van der Waals surface area contributed by atoms with Crippen LogP contribution < -0.4 is 5.32 Å². The highest BCUT2D eigenvalue weighted by atomic mass is 16.6. The first-order valence-corrected chi connectivity index (χ1v) is 11.1. The molecule has 1 aromatic carbocycles. The number of benzene rings is 1. The minimum atomic E-state index is -1.61. The molecule has 0 spiro atoms. The molecule has 0 saturated heterocycles. The maximum Gasteiger partial charge on any atom is 0.321 e. The molecule has 34 heavy (non-hydrogen) atoms. The zero-order valence-corrected chi connectivity index (χ0v) is 22.0. The Balaban J connectivity index is 3.23. The summed E-state index contributed by atoms with van der Waals surface area (Å²) in [5.74, 6) is -2.28. The van der Waals surface area contributed by atoms with E-state index < -0.39 is 45.7 Å². The number of amides is 2. The fourth-order valence-electron chi connectivity index (χ4n) is 3.48. The molecule has 2 radical (unpaired) electrons. The van der Waals surface area contributed by atoms with Crippen molar-refractivity contribution in [3.8, 4) is 0 Å². The molecule has 0 aliphatic heterocycles. The van der Waals surface area contributed by atoms with Gasteiger partial charge in [-0.3, -0.25) is 19.2 Å². The highest BCUT2D eigenvalue weighted by Crippen LogP contribution is 2.37. The summed E-state index contributed by atoms with van der Waals surface area (Å²) in [6.07, 6.45) is -0.0148. The quantitative estimate of drug-likeness (QED) is 0.337.